The summed E-state index contributed by atoms with van der Waals surface area (Å²) in [7, 11) is 0. The van der Waals surface area contributed by atoms with Gasteiger partial charge in [-0.2, -0.15) is 13.2 Å². The number of hydrogen-bond acceptors (Lipinski definition) is 5. The van der Waals surface area contributed by atoms with Crippen LogP contribution in [0.5, 0.6) is 0 Å². The van der Waals surface area contributed by atoms with Gasteiger partial charge in [0.1, 0.15) is 0 Å². The van der Waals surface area contributed by atoms with Crippen molar-refractivity contribution in [1.82, 2.24) is 5.43 Å². The second-order valence-electron chi connectivity index (χ2n) is 6.00. The maximum Gasteiger partial charge on any atom is 0.426 e. The lowest BCUT2D eigenvalue weighted by atomic mass is 10.1. The number of amides is 2. The number of anilines is 2. The van der Waals surface area contributed by atoms with E-state index >= 15 is 0 Å². The first-order chi connectivity index (χ1) is 13.5. The van der Waals surface area contributed by atoms with Crippen LogP contribution in [0.25, 0.3) is 0 Å². The van der Waals surface area contributed by atoms with Crippen molar-refractivity contribution in [3.8, 4) is 0 Å². The Balaban J connectivity index is 2.09. The van der Waals surface area contributed by atoms with Crippen LogP contribution in [0.3, 0.4) is 0 Å². The number of para-hydroxylation sites is 1. The van der Waals surface area contributed by atoms with E-state index < -0.39 is 23.6 Å². The van der Waals surface area contributed by atoms with E-state index in [1.807, 2.05) is 23.7 Å². The number of benzene rings is 2. The lowest BCUT2D eigenvalue weighted by Gasteiger charge is -2.25. The molecule has 156 valence electrons. The third-order valence-electron chi connectivity index (χ3n) is 3.89. The van der Waals surface area contributed by atoms with E-state index in [4.69, 9.17) is 11.6 Å². The van der Waals surface area contributed by atoms with Gasteiger partial charge in [-0.15, -0.1) is 11.8 Å². The number of hydrogen-bond donors (Lipinski definition) is 4. The van der Waals surface area contributed by atoms with E-state index in [0.717, 1.165) is 11.0 Å². The summed E-state index contributed by atoms with van der Waals surface area (Å²) in [6.45, 7) is 0.330. The van der Waals surface area contributed by atoms with Gasteiger partial charge >= 0.3 is 6.18 Å². The minimum absolute atomic E-state index is 0.102. The molecule has 0 aliphatic carbocycles. The number of thioether (sulfide) groups is 1. The SMILES string of the molecule is CSc1ccccc1NNC(=O)c1ccc(NC(=O)C(C)(O)C(F)(F)F)c(Cl)c1. The van der Waals surface area contributed by atoms with Gasteiger partial charge in [-0.25, -0.2) is 0 Å². The van der Waals surface area contributed by atoms with Crippen molar-refractivity contribution in [3.05, 3.63) is 53.1 Å². The van der Waals surface area contributed by atoms with Crippen molar-refractivity contribution in [2.75, 3.05) is 17.0 Å². The van der Waals surface area contributed by atoms with Crippen LogP contribution in [-0.4, -0.2) is 35.0 Å². The molecule has 0 aromatic heterocycles. The van der Waals surface area contributed by atoms with Crippen molar-refractivity contribution >= 4 is 46.6 Å². The molecule has 0 aliphatic rings. The molecule has 29 heavy (non-hydrogen) atoms. The normalized spacial score (nSPS) is 13.3. The minimum Gasteiger partial charge on any atom is -0.373 e. The molecule has 0 heterocycles. The molecule has 0 saturated carbocycles. The van der Waals surface area contributed by atoms with E-state index in [2.05, 4.69) is 10.9 Å². The fraction of sp³-hybridized carbons (Fsp3) is 0.222. The Bertz CT molecular complexity index is 923. The minimum atomic E-state index is -5.16. The maximum absolute atomic E-state index is 12.7. The van der Waals surface area contributed by atoms with Gasteiger partial charge in [-0.1, -0.05) is 23.7 Å². The zero-order valence-electron chi connectivity index (χ0n) is 15.2. The van der Waals surface area contributed by atoms with E-state index in [-0.39, 0.29) is 16.3 Å². The quantitative estimate of drug-likeness (QED) is 0.396. The van der Waals surface area contributed by atoms with Crippen molar-refractivity contribution in [3.63, 3.8) is 0 Å². The largest absolute Gasteiger partial charge is 0.426 e. The molecule has 2 rings (SSSR count). The molecule has 11 heteroatoms. The molecule has 2 aromatic rings. The molecule has 6 nitrogen and oxygen atoms in total. The Kier molecular flexibility index (Phi) is 7.04. The third kappa shape index (κ3) is 5.34. The summed E-state index contributed by atoms with van der Waals surface area (Å²) in [6, 6.07) is 10.9. The van der Waals surface area contributed by atoms with E-state index in [1.165, 1.54) is 23.9 Å². The Morgan fingerprint density at radius 3 is 2.34 bits per heavy atom. The number of carbonyl (C=O) groups excluding carboxylic acids is 2. The molecule has 1 unspecified atom stereocenters. The predicted octanol–water partition coefficient (Wildman–Crippen LogP) is 4.07. The van der Waals surface area contributed by atoms with E-state index in [1.54, 1.807) is 12.1 Å². The summed E-state index contributed by atoms with van der Waals surface area (Å²) in [5, 5.41) is 11.1. The number of hydrazine groups is 1. The Morgan fingerprint density at radius 2 is 1.76 bits per heavy atom. The van der Waals surface area contributed by atoms with Crippen LogP contribution in [0.4, 0.5) is 24.5 Å². The van der Waals surface area contributed by atoms with Gasteiger partial charge in [0, 0.05) is 10.5 Å². The first-order valence-corrected chi connectivity index (χ1v) is 9.67. The lowest BCUT2D eigenvalue weighted by Crippen LogP contribution is -2.52. The number of alkyl halides is 3. The zero-order chi connectivity index (χ0) is 21.8. The first-order valence-electron chi connectivity index (χ1n) is 8.07. The van der Waals surface area contributed by atoms with Crippen molar-refractivity contribution in [1.29, 1.82) is 0 Å². The molecule has 0 radical (unpaired) electrons. The van der Waals surface area contributed by atoms with Gasteiger partial charge in [0.2, 0.25) is 5.60 Å². The number of rotatable bonds is 6. The second kappa shape index (κ2) is 8.93. The number of nitrogens with one attached hydrogen (secondary N) is 3. The average Bonchev–Trinajstić information content (AvgIpc) is 2.66. The molecule has 1 atom stereocenters. The highest BCUT2D eigenvalue weighted by molar-refractivity contribution is 7.98. The average molecular weight is 448 g/mol. The summed E-state index contributed by atoms with van der Waals surface area (Å²) >= 11 is 7.45. The highest BCUT2D eigenvalue weighted by Gasteiger charge is 2.55. The lowest BCUT2D eigenvalue weighted by molar-refractivity contribution is -0.242. The number of carbonyl (C=O) groups is 2. The van der Waals surface area contributed by atoms with Crippen molar-refractivity contribution < 1.29 is 27.9 Å². The maximum atomic E-state index is 12.7. The zero-order valence-corrected chi connectivity index (χ0v) is 16.8. The van der Waals surface area contributed by atoms with Crippen LogP contribution in [0.1, 0.15) is 17.3 Å². The Hall–Kier alpha value is -2.43. The van der Waals surface area contributed by atoms with Gasteiger partial charge in [0.15, 0.2) is 0 Å². The summed E-state index contributed by atoms with van der Waals surface area (Å²) in [6.07, 6.45) is -3.28. The topological polar surface area (TPSA) is 90.5 Å². The van der Waals surface area contributed by atoms with Gasteiger partial charge in [-0.05, 0) is 43.5 Å². The fourth-order valence-corrected chi connectivity index (χ4v) is 2.86. The van der Waals surface area contributed by atoms with Gasteiger partial charge in [-0.3, -0.25) is 20.4 Å². The number of halogens is 4. The molecule has 0 saturated heterocycles. The highest BCUT2D eigenvalue weighted by Crippen LogP contribution is 2.32. The Morgan fingerprint density at radius 1 is 1.10 bits per heavy atom. The molecule has 2 aromatic carbocycles. The molecule has 0 fully saturated rings. The highest BCUT2D eigenvalue weighted by atomic mass is 35.5. The molecule has 0 spiro atoms. The van der Waals surface area contributed by atoms with Gasteiger partial charge < -0.3 is 10.4 Å². The van der Waals surface area contributed by atoms with Crippen LogP contribution in [0, 0.1) is 0 Å². The van der Waals surface area contributed by atoms with Crippen molar-refractivity contribution in [2.45, 2.75) is 23.6 Å². The smallest absolute Gasteiger partial charge is 0.373 e. The van der Waals surface area contributed by atoms with Crippen LogP contribution in [0.2, 0.25) is 5.02 Å². The van der Waals surface area contributed by atoms with E-state index in [0.29, 0.717) is 12.6 Å². The fourth-order valence-electron chi connectivity index (χ4n) is 2.07. The molecular weight excluding hydrogens is 431 g/mol. The van der Waals surface area contributed by atoms with E-state index in [9.17, 15) is 27.9 Å². The summed E-state index contributed by atoms with van der Waals surface area (Å²) < 4.78 is 38.2. The summed E-state index contributed by atoms with van der Waals surface area (Å²) in [5.74, 6) is -2.25. The van der Waals surface area contributed by atoms with Crippen LogP contribution < -0.4 is 16.2 Å². The van der Waals surface area contributed by atoms with Gasteiger partial charge in [0.25, 0.3) is 11.8 Å². The molecular formula is C18H17ClF3N3O3S. The third-order valence-corrected chi connectivity index (χ3v) is 5.00. The monoisotopic (exact) mass is 447 g/mol. The predicted molar refractivity (Wildman–Crippen MR) is 106 cm³/mol. The number of aliphatic hydroxyl groups is 1. The molecule has 0 bridgehead atoms. The van der Waals surface area contributed by atoms with Gasteiger partial charge in [0.05, 0.1) is 16.4 Å². The first kappa shape index (κ1) is 22.9. The van der Waals surface area contributed by atoms with Crippen LogP contribution in [-0.2, 0) is 4.79 Å². The van der Waals surface area contributed by atoms with Crippen molar-refractivity contribution in [2.24, 2.45) is 0 Å². The van der Waals surface area contributed by atoms with Crippen LogP contribution in [0.15, 0.2) is 47.4 Å². The summed E-state index contributed by atoms with van der Waals surface area (Å²) in [4.78, 5) is 24.9. The Labute approximate surface area is 173 Å². The summed E-state index contributed by atoms with van der Waals surface area (Å²) in [5.41, 5.74) is 2.26. The molecule has 2 amide bonds. The molecule has 0 aliphatic heterocycles. The van der Waals surface area contributed by atoms with Crippen LogP contribution >= 0.6 is 23.4 Å². The second-order valence-corrected chi connectivity index (χ2v) is 7.25. The standard InChI is InChI=1S/C18H17ClF3N3O3S/c1-17(28,18(20,21)22)16(27)23-12-8-7-10(9-11(12)19)15(26)25-24-13-5-3-4-6-14(13)29-2/h3-9,24,28H,1-2H3,(H,23,27)(H,25,26). The molecule has 4 N–H and O–H groups in total.